The first kappa shape index (κ1) is 21.4. The minimum atomic E-state index is -0.761. The fourth-order valence-electron chi connectivity index (χ4n) is 5.59. The van der Waals surface area contributed by atoms with Gasteiger partial charge in [0, 0.05) is 43.1 Å². The number of β-amino-alcohol motifs (C(OH)–C–C–N with tert-alkyl or cyclic N) is 2. The molecule has 5 rings (SSSR count). The average Bonchev–Trinajstić information content (AvgIpc) is 3.19. The van der Waals surface area contributed by atoms with Crippen molar-refractivity contribution in [2.75, 3.05) is 25.0 Å². The second-order valence-corrected chi connectivity index (χ2v) is 10.4. The van der Waals surface area contributed by atoms with Gasteiger partial charge in [0.15, 0.2) is 0 Å². The lowest BCUT2D eigenvalue weighted by atomic mass is 9.80. The number of anilines is 1. The number of aliphatic hydroxyl groups excluding tert-OH is 1. The number of carbonyl (C=O) groups excluding carboxylic acids is 1. The van der Waals surface area contributed by atoms with E-state index in [0.29, 0.717) is 25.9 Å². The molecule has 6 heteroatoms. The Morgan fingerprint density at radius 1 is 1.22 bits per heavy atom. The summed E-state index contributed by atoms with van der Waals surface area (Å²) in [6, 6.07) is 15.6. The van der Waals surface area contributed by atoms with Crippen LogP contribution in [0.15, 0.2) is 48.5 Å². The summed E-state index contributed by atoms with van der Waals surface area (Å²) in [6.45, 7) is 5.67. The highest BCUT2D eigenvalue weighted by Crippen LogP contribution is 2.43. The Balaban J connectivity index is 1.20. The number of carbonyl (C=O) groups is 1. The Bertz CT molecular complexity index is 1010. The highest BCUT2D eigenvalue weighted by atomic mass is 16.5. The zero-order chi connectivity index (χ0) is 22.5. The summed E-state index contributed by atoms with van der Waals surface area (Å²) in [7, 11) is 0. The molecule has 3 aliphatic rings. The molecule has 170 valence electrons. The molecular formula is C26H32N2O4. The van der Waals surface area contributed by atoms with E-state index in [0.717, 1.165) is 35.5 Å². The molecule has 0 aromatic heterocycles. The lowest BCUT2D eigenvalue weighted by molar-refractivity contribution is -0.124. The Labute approximate surface area is 189 Å². The summed E-state index contributed by atoms with van der Waals surface area (Å²) in [5.41, 5.74) is 1.53. The van der Waals surface area contributed by atoms with Crippen molar-refractivity contribution >= 4 is 11.6 Å². The van der Waals surface area contributed by atoms with Gasteiger partial charge in [0.25, 0.3) is 0 Å². The van der Waals surface area contributed by atoms with E-state index in [9.17, 15) is 15.0 Å². The summed E-state index contributed by atoms with van der Waals surface area (Å²) in [5.74, 6) is 1.03. The second kappa shape index (κ2) is 7.87. The van der Waals surface area contributed by atoms with Crippen LogP contribution in [0.2, 0.25) is 0 Å². The van der Waals surface area contributed by atoms with Crippen LogP contribution in [0.4, 0.5) is 5.69 Å². The van der Waals surface area contributed by atoms with Crippen molar-refractivity contribution in [2.45, 2.75) is 50.9 Å². The molecule has 1 unspecified atom stereocenters. The number of fused-ring (bicyclic) bond motifs is 2. The Morgan fingerprint density at radius 2 is 2.00 bits per heavy atom. The van der Waals surface area contributed by atoms with Gasteiger partial charge in [-0.25, -0.2) is 0 Å². The standard InChI is InChI=1S/C26H32N2O4/c1-25(2)12-18-10-17(8-9-22(18)27-24(25)30)23(29)15-28-14-19-11-21(13-26(19,31)16-28)32-20-6-4-3-5-7-20/h3-10,19,21,23,29,31H,11-16H2,1-2H3,(H,27,30)/t19-,21+,23?,26-/m1/s1. The molecule has 1 saturated heterocycles. The summed E-state index contributed by atoms with van der Waals surface area (Å²) in [5, 5.41) is 25.1. The maximum absolute atomic E-state index is 12.2. The third-order valence-corrected chi connectivity index (χ3v) is 7.35. The molecule has 1 amide bonds. The van der Waals surface area contributed by atoms with Crippen molar-refractivity contribution in [1.29, 1.82) is 0 Å². The first-order valence-corrected chi connectivity index (χ1v) is 11.5. The maximum Gasteiger partial charge on any atom is 0.230 e. The van der Waals surface area contributed by atoms with Crippen LogP contribution >= 0.6 is 0 Å². The molecule has 2 aromatic rings. The topological polar surface area (TPSA) is 82.0 Å². The van der Waals surface area contributed by atoms with Gasteiger partial charge in [-0.05, 0) is 42.2 Å². The van der Waals surface area contributed by atoms with Crippen LogP contribution in [0.3, 0.4) is 0 Å². The van der Waals surface area contributed by atoms with Crippen molar-refractivity contribution in [1.82, 2.24) is 4.90 Å². The van der Waals surface area contributed by atoms with E-state index in [2.05, 4.69) is 10.2 Å². The summed E-state index contributed by atoms with van der Waals surface area (Å²) in [4.78, 5) is 14.3. The Morgan fingerprint density at radius 3 is 2.75 bits per heavy atom. The summed E-state index contributed by atoms with van der Waals surface area (Å²) < 4.78 is 6.08. The molecule has 2 fully saturated rings. The number of rotatable bonds is 5. The molecule has 2 aromatic carbocycles. The third kappa shape index (κ3) is 4.03. The van der Waals surface area contributed by atoms with Gasteiger partial charge in [0.2, 0.25) is 5.91 Å². The smallest absolute Gasteiger partial charge is 0.230 e. The quantitative estimate of drug-likeness (QED) is 0.671. The highest BCUT2D eigenvalue weighted by Gasteiger charge is 2.52. The zero-order valence-corrected chi connectivity index (χ0v) is 18.8. The van der Waals surface area contributed by atoms with Crippen LogP contribution in [0.5, 0.6) is 5.75 Å². The minimum absolute atomic E-state index is 0.0266. The van der Waals surface area contributed by atoms with Crippen molar-refractivity contribution in [3.8, 4) is 5.75 Å². The van der Waals surface area contributed by atoms with E-state index >= 15 is 0 Å². The van der Waals surface area contributed by atoms with Crippen molar-refractivity contribution in [3.63, 3.8) is 0 Å². The lowest BCUT2D eigenvalue weighted by Crippen LogP contribution is -2.37. The number of nitrogens with zero attached hydrogens (tertiary/aromatic N) is 1. The number of benzene rings is 2. The molecule has 1 saturated carbocycles. The first-order chi connectivity index (χ1) is 15.2. The number of hydrogen-bond donors (Lipinski definition) is 3. The molecule has 4 atom stereocenters. The number of amides is 1. The van der Waals surface area contributed by atoms with Gasteiger partial charge in [0.1, 0.15) is 11.9 Å². The zero-order valence-electron chi connectivity index (χ0n) is 18.8. The molecule has 1 aliphatic carbocycles. The second-order valence-electron chi connectivity index (χ2n) is 10.4. The van der Waals surface area contributed by atoms with Gasteiger partial charge in [-0.1, -0.05) is 44.2 Å². The normalized spacial score (nSPS) is 29.8. The van der Waals surface area contributed by atoms with E-state index in [-0.39, 0.29) is 17.9 Å². The Kier molecular flexibility index (Phi) is 5.27. The SMILES string of the molecule is CC1(C)Cc2cc(C(O)CN3C[C@H]4C[C@H](Oc5ccccc5)C[C@@]4(O)C3)ccc2NC1=O. The van der Waals surface area contributed by atoms with E-state index in [1.807, 2.05) is 62.4 Å². The van der Waals surface area contributed by atoms with Crippen LogP contribution < -0.4 is 10.1 Å². The van der Waals surface area contributed by atoms with Gasteiger partial charge < -0.3 is 20.3 Å². The van der Waals surface area contributed by atoms with Gasteiger partial charge in [0.05, 0.1) is 11.7 Å². The molecule has 0 bridgehead atoms. The van der Waals surface area contributed by atoms with E-state index in [1.165, 1.54) is 0 Å². The maximum atomic E-state index is 12.2. The number of ether oxygens (including phenoxy) is 1. The van der Waals surface area contributed by atoms with Crippen molar-refractivity contribution in [3.05, 3.63) is 59.7 Å². The van der Waals surface area contributed by atoms with Gasteiger partial charge in [-0.3, -0.25) is 9.69 Å². The first-order valence-electron chi connectivity index (χ1n) is 11.5. The van der Waals surface area contributed by atoms with Crippen molar-refractivity contribution in [2.24, 2.45) is 11.3 Å². The monoisotopic (exact) mass is 436 g/mol. The number of para-hydroxylation sites is 1. The largest absolute Gasteiger partial charge is 0.490 e. The van der Waals surface area contributed by atoms with Gasteiger partial charge in [-0.2, -0.15) is 0 Å². The van der Waals surface area contributed by atoms with Crippen LogP contribution in [0, 0.1) is 11.3 Å². The number of hydrogen-bond acceptors (Lipinski definition) is 5. The van der Waals surface area contributed by atoms with Gasteiger partial charge >= 0.3 is 0 Å². The molecule has 2 heterocycles. The van der Waals surface area contributed by atoms with Crippen LogP contribution in [-0.2, 0) is 11.2 Å². The number of nitrogens with one attached hydrogen (secondary N) is 1. The fraction of sp³-hybridized carbons (Fsp3) is 0.500. The minimum Gasteiger partial charge on any atom is -0.490 e. The van der Waals surface area contributed by atoms with Crippen LogP contribution in [0.25, 0.3) is 0 Å². The van der Waals surface area contributed by atoms with E-state index < -0.39 is 17.1 Å². The van der Waals surface area contributed by atoms with Crippen molar-refractivity contribution < 1.29 is 19.7 Å². The summed E-state index contributed by atoms with van der Waals surface area (Å²) in [6.07, 6.45) is 1.49. The predicted molar refractivity (Wildman–Crippen MR) is 122 cm³/mol. The molecule has 6 nitrogen and oxygen atoms in total. The molecular weight excluding hydrogens is 404 g/mol. The average molecular weight is 437 g/mol. The molecule has 3 N–H and O–H groups in total. The molecule has 2 aliphatic heterocycles. The highest BCUT2D eigenvalue weighted by molar-refractivity contribution is 5.98. The third-order valence-electron chi connectivity index (χ3n) is 7.35. The molecule has 0 radical (unpaired) electrons. The number of aliphatic hydroxyl groups is 2. The van der Waals surface area contributed by atoms with E-state index in [1.54, 1.807) is 0 Å². The lowest BCUT2D eigenvalue weighted by Gasteiger charge is -2.31. The predicted octanol–water partition coefficient (Wildman–Crippen LogP) is 3.15. The van der Waals surface area contributed by atoms with Gasteiger partial charge in [-0.15, -0.1) is 0 Å². The molecule has 0 spiro atoms. The number of likely N-dealkylation sites (tertiary alicyclic amines) is 1. The fourth-order valence-corrected chi connectivity index (χ4v) is 5.59. The Hall–Kier alpha value is -2.41. The molecule has 32 heavy (non-hydrogen) atoms. The summed E-state index contributed by atoms with van der Waals surface area (Å²) >= 11 is 0. The van der Waals surface area contributed by atoms with Crippen LogP contribution in [-0.4, -0.2) is 52.4 Å². The van der Waals surface area contributed by atoms with Crippen LogP contribution in [0.1, 0.15) is 43.9 Å². The van der Waals surface area contributed by atoms with E-state index in [4.69, 9.17) is 4.74 Å².